The minimum absolute atomic E-state index is 0.0498. The number of ether oxygens (including phenoxy) is 1. The van der Waals surface area contributed by atoms with E-state index in [2.05, 4.69) is 31.4 Å². The van der Waals surface area contributed by atoms with Gasteiger partial charge >= 0.3 is 0 Å². The lowest BCUT2D eigenvalue weighted by atomic mass is 10.1. The highest BCUT2D eigenvalue weighted by molar-refractivity contribution is 5.95. The number of carbonyl (C=O) groups is 2. The van der Waals surface area contributed by atoms with Crippen LogP contribution in [0.1, 0.15) is 57.3 Å². The minimum atomic E-state index is -0.146. The molecule has 2 aromatic rings. The molecule has 0 aliphatic heterocycles. The van der Waals surface area contributed by atoms with Crippen LogP contribution in [-0.2, 0) is 4.79 Å². The maximum absolute atomic E-state index is 12.6. The fraction of sp³-hybridized carbons (Fsp3) is 0.440. The summed E-state index contributed by atoms with van der Waals surface area (Å²) < 4.78 is 5.74. The van der Waals surface area contributed by atoms with E-state index in [1.54, 1.807) is 12.1 Å². The Morgan fingerprint density at radius 2 is 1.48 bits per heavy atom. The summed E-state index contributed by atoms with van der Waals surface area (Å²) in [4.78, 5) is 26.8. The Kier molecular flexibility index (Phi) is 9.88. The highest BCUT2D eigenvalue weighted by Crippen LogP contribution is 2.18. The van der Waals surface area contributed by atoms with E-state index in [0.717, 1.165) is 49.5 Å². The molecule has 0 aliphatic rings. The lowest BCUT2D eigenvalue weighted by molar-refractivity contribution is -0.114. The number of anilines is 2. The molecule has 6 nitrogen and oxygen atoms in total. The van der Waals surface area contributed by atoms with Crippen molar-refractivity contribution in [3.05, 3.63) is 54.1 Å². The summed E-state index contributed by atoms with van der Waals surface area (Å²) in [6, 6.07) is 14.6. The predicted molar refractivity (Wildman–Crippen MR) is 127 cm³/mol. The Balaban J connectivity index is 1.84. The molecule has 2 aromatic carbocycles. The topological polar surface area (TPSA) is 70.7 Å². The molecule has 2 N–H and O–H groups in total. The fourth-order valence-electron chi connectivity index (χ4n) is 3.09. The van der Waals surface area contributed by atoms with Gasteiger partial charge in [-0.2, -0.15) is 0 Å². The van der Waals surface area contributed by atoms with Crippen molar-refractivity contribution in [1.82, 2.24) is 4.90 Å². The molecule has 6 heteroatoms. The molecule has 1 atom stereocenters. The standard InChI is InChI=1S/C25H35N3O3/c1-5-16-28(17-6-2)25(30)20-8-10-21(11-9-20)26-18-24(29)27-22-12-14-23(15-13-22)31-19(4)7-3/h8-15,19,26H,5-7,16-18H2,1-4H3,(H,27,29). The van der Waals surface area contributed by atoms with Gasteiger partial charge in [0.15, 0.2) is 0 Å². The lowest BCUT2D eigenvalue weighted by Crippen LogP contribution is -2.32. The first-order chi connectivity index (χ1) is 15.0. The third-order valence-electron chi connectivity index (χ3n) is 4.91. The molecule has 2 rings (SSSR count). The van der Waals surface area contributed by atoms with Gasteiger partial charge in [-0.25, -0.2) is 0 Å². The van der Waals surface area contributed by atoms with E-state index in [4.69, 9.17) is 4.74 Å². The van der Waals surface area contributed by atoms with E-state index >= 15 is 0 Å². The summed E-state index contributed by atoms with van der Waals surface area (Å²) >= 11 is 0. The van der Waals surface area contributed by atoms with E-state index in [9.17, 15) is 9.59 Å². The van der Waals surface area contributed by atoms with Crippen LogP contribution in [0.5, 0.6) is 5.75 Å². The first-order valence-corrected chi connectivity index (χ1v) is 11.2. The summed E-state index contributed by atoms with van der Waals surface area (Å²) in [5.74, 6) is 0.693. The number of hydrogen-bond donors (Lipinski definition) is 2. The normalized spacial score (nSPS) is 11.5. The second-order valence-corrected chi connectivity index (χ2v) is 7.63. The second-order valence-electron chi connectivity index (χ2n) is 7.63. The zero-order valence-electron chi connectivity index (χ0n) is 19.1. The number of nitrogens with one attached hydrogen (secondary N) is 2. The van der Waals surface area contributed by atoms with Crippen LogP contribution in [0.2, 0.25) is 0 Å². The highest BCUT2D eigenvalue weighted by atomic mass is 16.5. The highest BCUT2D eigenvalue weighted by Gasteiger charge is 2.14. The molecule has 0 saturated carbocycles. The van der Waals surface area contributed by atoms with Gasteiger partial charge in [0, 0.05) is 30.0 Å². The Labute approximate surface area is 186 Å². The fourth-order valence-corrected chi connectivity index (χ4v) is 3.09. The Morgan fingerprint density at radius 3 is 2.03 bits per heavy atom. The van der Waals surface area contributed by atoms with Gasteiger partial charge in [0.1, 0.15) is 5.75 Å². The molecule has 0 saturated heterocycles. The van der Waals surface area contributed by atoms with Crippen molar-refractivity contribution >= 4 is 23.2 Å². The molecule has 0 fully saturated rings. The summed E-state index contributed by atoms with van der Waals surface area (Å²) in [6.45, 7) is 9.90. The molecule has 0 aromatic heterocycles. The Bertz CT molecular complexity index is 813. The van der Waals surface area contributed by atoms with Gasteiger partial charge in [-0.15, -0.1) is 0 Å². The van der Waals surface area contributed by atoms with E-state index < -0.39 is 0 Å². The predicted octanol–water partition coefficient (Wildman–Crippen LogP) is 5.18. The zero-order chi connectivity index (χ0) is 22.6. The minimum Gasteiger partial charge on any atom is -0.491 e. The van der Waals surface area contributed by atoms with Gasteiger partial charge in [0.05, 0.1) is 12.6 Å². The van der Waals surface area contributed by atoms with Crippen molar-refractivity contribution in [2.75, 3.05) is 30.3 Å². The molecule has 168 valence electrons. The van der Waals surface area contributed by atoms with Gasteiger partial charge in [-0.3, -0.25) is 9.59 Å². The molecule has 1 unspecified atom stereocenters. The van der Waals surface area contributed by atoms with E-state index in [1.165, 1.54) is 0 Å². The first-order valence-electron chi connectivity index (χ1n) is 11.2. The van der Waals surface area contributed by atoms with Crippen LogP contribution in [0.15, 0.2) is 48.5 Å². The molecule has 0 aliphatic carbocycles. The summed E-state index contributed by atoms with van der Waals surface area (Å²) in [5.41, 5.74) is 2.18. The smallest absolute Gasteiger partial charge is 0.253 e. The largest absolute Gasteiger partial charge is 0.491 e. The van der Waals surface area contributed by atoms with Crippen LogP contribution in [0.3, 0.4) is 0 Å². The Morgan fingerprint density at radius 1 is 0.903 bits per heavy atom. The molecule has 0 bridgehead atoms. The quantitative estimate of drug-likeness (QED) is 0.492. The van der Waals surface area contributed by atoms with Gasteiger partial charge < -0.3 is 20.3 Å². The molecular formula is C25H35N3O3. The number of rotatable bonds is 12. The van der Waals surface area contributed by atoms with Crippen molar-refractivity contribution in [3.8, 4) is 5.75 Å². The van der Waals surface area contributed by atoms with Gasteiger partial charge in [-0.05, 0) is 74.7 Å². The lowest BCUT2D eigenvalue weighted by Gasteiger charge is -2.21. The first kappa shape index (κ1) is 24.3. The van der Waals surface area contributed by atoms with Crippen LogP contribution < -0.4 is 15.4 Å². The zero-order valence-corrected chi connectivity index (χ0v) is 19.1. The molecular weight excluding hydrogens is 390 g/mol. The average Bonchev–Trinajstić information content (AvgIpc) is 2.78. The van der Waals surface area contributed by atoms with Crippen LogP contribution >= 0.6 is 0 Å². The molecule has 31 heavy (non-hydrogen) atoms. The number of carbonyl (C=O) groups excluding carboxylic acids is 2. The van der Waals surface area contributed by atoms with Gasteiger partial charge in [0.2, 0.25) is 5.91 Å². The van der Waals surface area contributed by atoms with Crippen molar-refractivity contribution < 1.29 is 14.3 Å². The van der Waals surface area contributed by atoms with Crippen LogP contribution in [-0.4, -0.2) is 42.5 Å². The summed E-state index contributed by atoms with van der Waals surface area (Å²) in [7, 11) is 0. The van der Waals surface area contributed by atoms with Gasteiger partial charge in [0.25, 0.3) is 5.91 Å². The van der Waals surface area contributed by atoms with Crippen LogP contribution in [0.25, 0.3) is 0 Å². The van der Waals surface area contributed by atoms with Crippen LogP contribution in [0, 0.1) is 0 Å². The number of hydrogen-bond acceptors (Lipinski definition) is 4. The van der Waals surface area contributed by atoms with Crippen molar-refractivity contribution in [2.45, 2.75) is 53.1 Å². The second kappa shape index (κ2) is 12.6. The maximum atomic E-state index is 12.6. The number of benzene rings is 2. The molecule has 0 spiro atoms. The van der Waals surface area contributed by atoms with Crippen molar-refractivity contribution in [2.24, 2.45) is 0 Å². The Hall–Kier alpha value is -3.02. The number of amides is 2. The SMILES string of the molecule is CCCN(CCC)C(=O)c1ccc(NCC(=O)Nc2ccc(OC(C)CC)cc2)cc1. The maximum Gasteiger partial charge on any atom is 0.253 e. The summed E-state index contributed by atoms with van der Waals surface area (Å²) in [5, 5.41) is 5.96. The van der Waals surface area contributed by atoms with Gasteiger partial charge in [-0.1, -0.05) is 20.8 Å². The van der Waals surface area contributed by atoms with E-state index in [-0.39, 0.29) is 24.5 Å². The van der Waals surface area contributed by atoms with Crippen molar-refractivity contribution in [1.29, 1.82) is 0 Å². The monoisotopic (exact) mass is 425 g/mol. The average molecular weight is 426 g/mol. The van der Waals surface area contributed by atoms with E-state index in [1.807, 2.05) is 48.2 Å². The van der Waals surface area contributed by atoms with Crippen LogP contribution in [0.4, 0.5) is 11.4 Å². The number of nitrogens with zero attached hydrogens (tertiary/aromatic N) is 1. The third kappa shape index (κ3) is 7.96. The van der Waals surface area contributed by atoms with E-state index in [0.29, 0.717) is 5.56 Å². The summed E-state index contributed by atoms with van der Waals surface area (Å²) in [6.07, 6.45) is 2.98. The molecule has 2 amide bonds. The molecule has 0 heterocycles. The van der Waals surface area contributed by atoms with Crippen molar-refractivity contribution in [3.63, 3.8) is 0 Å². The third-order valence-corrected chi connectivity index (χ3v) is 4.91. The molecule has 0 radical (unpaired) electrons.